The molecule has 0 aromatic carbocycles. The van der Waals surface area contributed by atoms with Gasteiger partial charge in [-0.15, -0.1) is 0 Å². The van der Waals surface area contributed by atoms with E-state index in [-0.39, 0.29) is 5.97 Å². The van der Waals surface area contributed by atoms with Crippen LogP contribution in [0.15, 0.2) is 12.2 Å². The highest BCUT2D eigenvalue weighted by Gasteiger charge is 1.88. The first kappa shape index (κ1) is 7.21. The number of hydrogen-bond acceptors (Lipinski definition) is 2. The molecular weight excluding hydrogens is 104 g/mol. The lowest BCUT2D eigenvalue weighted by Gasteiger charge is -1.91. The molecule has 0 spiro atoms. The van der Waals surface area contributed by atoms with Crippen molar-refractivity contribution < 1.29 is 9.53 Å². The Morgan fingerprint density at radius 1 is 1.88 bits per heavy atom. The van der Waals surface area contributed by atoms with Gasteiger partial charge in [0.1, 0.15) is 0 Å². The van der Waals surface area contributed by atoms with Crippen molar-refractivity contribution in [1.29, 1.82) is 0 Å². The minimum Gasteiger partial charge on any atom is -0.463 e. The SMILES string of the molecule is [CH2]/C=C/C(=O)OCC. The standard InChI is InChI=1S/C6H9O2/c1-3-5-6(7)8-4-2/h3,5H,1,4H2,2H3/b5-3+. The third-order valence-electron chi connectivity index (χ3n) is 0.541. The summed E-state index contributed by atoms with van der Waals surface area (Å²) in [5, 5.41) is 0. The molecule has 0 aromatic rings. The molecule has 2 heteroatoms. The van der Waals surface area contributed by atoms with Crippen molar-refractivity contribution in [1.82, 2.24) is 0 Å². The van der Waals surface area contributed by atoms with E-state index in [1.54, 1.807) is 6.92 Å². The number of carbonyl (C=O) groups is 1. The molecule has 0 amide bonds. The van der Waals surface area contributed by atoms with E-state index in [4.69, 9.17) is 0 Å². The monoisotopic (exact) mass is 113 g/mol. The van der Waals surface area contributed by atoms with Gasteiger partial charge in [-0.25, -0.2) is 4.79 Å². The van der Waals surface area contributed by atoms with E-state index >= 15 is 0 Å². The molecule has 0 heterocycles. The zero-order chi connectivity index (χ0) is 6.41. The molecule has 0 aliphatic heterocycles. The Morgan fingerprint density at radius 2 is 2.50 bits per heavy atom. The van der Waals surface area contributed by atoms with Crippen molar-refractivity contribution in [2.75, 3.05) is 6.61 Å². The first-order chi connectivity index (χ1) is 3.81. The van der Waals surface area contributed by atoms with Crippen molar-refractivity contribution >= 4 is 5.97 Å². The number of carbonyl (C=O) groups excluding carboxylic acids is 1. The molecular formula is C6H9O2. The van der Waals surface area contributed by atoms with Gasteiger partial charge in [0.25, 0.3) is 0 Å². The van der Waals surface area contributed by atoms with Gasteiger partial charge in [-0.3, -0.25) is 0 Å². The van der Waals surface area contributed by atoms with Crippen molar-refractivity contribution in [3.8, 4) is 0 Å². The predicted octanol–water partition coefficient (Wildman–Crippen LogP) is 0.940. The Balaban J connectivity index is 3.33. The van der Waals surface area contributed by atoms with Gasteiger partial charge in [0.15, 0.2) is 0 Å². The summed E-state index contributed by atoms with van der Waals surface area (Å²) in [6.07, 6.45) is 2.68. The summed E-state index contributed by atoms with van der Waals surface area (Å²) in [6, 6.07) is 0. The molecule has 0 N–H and O–H groups in total. The lowest BCUT2D eigenvalue weighted by Crippen LogP contribution is -1.98. The number of rotatable bonds is 2. The summed E-state index contributed by atoms with van der Waals surface area (Å²) < 4.78 is 4.52. The molecule has 0 fully saturated rings. The molecule has 0 aliphatic carbocycles. The van der Waals surface area contributed by atoms with E-state index in [0.29, 0.717) is 6.61 Å². The van der Waals surface area contributed by atoms with E-state index < -0.39 is 0 Å². The normalized spacial score (nSPS) is 9.75. The average Bonchev–Trinajstić information content (AvgIpc) is 1.68. The Labute approximate surface area is 49.1 Å². The Bertz CT molecular complexity index is 94.7. The van der Waals surface area contributed by atoms with Gasteiger partial charge in [0, 0.05) is 6.08 Å². The van der Waals surface area contributed by atoms with Crippen LogP contribution < -0.4 is 0 Å². The minimum atomic E-state index is -0.331. The topological polar surface area (TPSA) is 26.3 Å². The Kier molecular flexibility index (Phi) is 3.94. The van der Waals surface area contributed by atoms with E-state index in [9.17, 15) is 4.79 Å². The fourth-order valence-electron chi connectivity index (χ4n) is 0.287. The van der Waals surface area contributed by atoms with E-state index in [1.807, 2.05) is 0 Å². The molecule has 45 valence electrons. The quantitative estimate of drug-likeness (QED) is 0.393. The van der Waals surface area contributed by atoms with Crippen LogP contribution in [-0.2, 0) is 9.53 Å². The van der Waals surface area contributed by atoms with Crippen LogP contribution in [0, 0.1) is 6.92 Å². The van der Waals surface area contributed by atoms with Crippen LogP contribution in [-0.4, -0.2) is 12.6 Å². The van der Waals surface area contributed by atoms with E-state index in [2.05, 4.69) is 11.7 Å². The average molecular weight is 113 g/mol. The second-order valence-corrected chi connectivity index (χ2v) is 1.15. The van der Waals surface area contributed by atoms with Gasteiger partial charge >= 0.3 is 5.97 Å². The van der Waals surface area contributed by atoms with Crippen LogP contribution in [0.25, 0.3) is 0 Å². The van der Waals surface area contributed by atoms with Crippen molar-refractivity contribution in [3.05, 3.63) is 19.1 Å². The van der Waals surface area contributed by atoms with Crippen molar-refractivity contribution in [2.45, 2.75) is 6.92 Å². The fourth-order valence-corrected chi connectivity index (χ4v) is 0.287. The maximum Gasteiger partial charge on any atom is 0.330 e. The number of hydrogen-bond donors (Lipinski definition) is 0. The van der Waals surface area contributed by atoms with Gasteiger partial charge in [-0.05, 0) is 13.8 Å². The Hall–Kier alpha value is -0.790. The van der Waals surface area contributed by atoms with E-state index in [1.165, 1.54) is 12.2 Å². The summed E-state index contributed by atoms with van der Waals surface area (Å²) in [4.78, 5) is 10.3. The van der Waals surface area contributed by atoms with Crippen LogP contribution in [0.2, 0.25) is 0 Å². The molecule has 0 bridgehead atoms. The minimum absolute atomic E-state index is 0.331. The highest BCUT2D eigenvalue weighted by atomic mass is 16.5. The van der Waals surface area contributed by atoms with Crippen LogP contribution in [0.1, 0.15) is 6.92 Å². The summed E-state index contributed by atoms with van der Waals surface area (Å²) in [7, 11) is 0. The largest absolute Gasteiger partial charge is 0.463 e. The number of ether oxygens (including phenoxy) is 1. The zero-order valence-electron chi connectivity index (χ0n) is 4.89. The van der Waals surface area contributed by atoms with Crippen LogP contribution in [0.4, 0.5) is 0 Å². The van der Waals surface area contributed by atoms with E-state index in [0.717, 1.165) is 0 Å². The van der Waals surface area contributed by atoms with Gasteiger partial charge in [0.05, 0.1) is 6.61 Å². The van der Waals surface area contributed by atoms with Gasteiger partial charge < -0.3 is 4.74 Å². The molecule has 0 aliphatic rings. The molecule has 1 radical (unpaired) electrons. The third kappa shape index (κ3) is 3.40. The molecule has 0 atom stereocenters. The summed E-state index contributed by atoms with van der Waals surface area (Å²) in [5.74, 6) is -0.331. The van der Waals surface area contributed by atoms with Gasteiger partial charge in [-0.2, -0.15) is 0 Å². The molecule has 2 nitrogen and oxygen atoms in total. The predicted molar refractivity (Wildman–Crippen MR) is 31.1 cm³/mol. The van der Waals surface area contributed by atoms with Gasteiger partial charge in [-0.1, -0.05) is 6.08 Å². The van der Waals surface area contributed by atoms with Crippen molar-refractivity contribution in [3.63, 3.8) is 0 Å². The molecule has 0 aromatic heterocycles. The second-order valence-electron chi connectivity index (χ2n) is 1.15. The summed E-state index contributed by atoms with van der Waals surface area (Å²) in [5.41, 5.74) is 0. The maximum absolute atomic E-state index is 10.3. The Morgan fingerprint density at radius 3 is 2.88 bits per heavy atom. The molecule has 0 saturated carbocycles. The lowest BCUT2D eigenvalue weighted by atomic mass is 10.5. The molecule has 0 unspecified atom stereocenters. The van der Waals surface area contributed by atoms with Crippen LogP contribution in [0.3, 0.4) is 0 Å². The van der Waals surface area contributed by atoms with Gasteiger partial charge in [0.2, 0.25) is 0 Å². The summed E-state index contributed by atoms with van der Waals surface area (Å²) >= 11 is 0. The first-order valence-corrected chi connectivity index (χ1v) is 2.43. The van der Waals surface area contributed by atoms with Crippen LogP contribution in [0.5, 0.6) is 0 Å². The number of allylic oxidation sites excluding steroid dienone is 1. The maximum atomic E-state index is 10.3. The molecule has 0 rings (SSSR count). The smallest absolute Gasteiger partial charge is 0.330 e. The molecule has 8 heavy (non-hydrogen) atoms. The second kappa shape index (κ2) is 4.37. The van der Waals surface area contributed by atoms with Crippen molar-refractivity contribution in [2.24, 2.45) is 0 Å². The molecule has 0 saturated heterocycles. The summed E-state index contributed by atoms with van der Waals surface area (Å²) in [6.45, 7) is 5.51. The highest BCUT2D eigenvalue weighted by molar-refractivity contribution is 5.81. The zero-order valence-corrected chi connectivity index (χ0v) is 4.89. The highest BCUT2D eigenvalue weighted by Crippen LogP contribution is 1.78. The van der Waals surface area contributed by atoms with Crippen LogP contribution >= 0.6 is 0 Å². The lowest BCUT2D eigenvalue weighted by molar-refractivity contribution is -0.137. The third-order valence-corrected chi connectivity index (χ3v) is 0.541. The first-order valence-electron chi connectivity index (χ1n) is 2.43. The fraction of sp³-hybridized carbons (Fsp3) is 0.333. The number of esters is 1.